The Balaban J connectivity index is 1.85. The molecule has 2 amide bonds. The third-order valence-corrected chi connectivity index (χ3v) is 9.76. The van der Waals surface area contributed by atoms with Crippen molar-refractivity contribution in [3.63, 3.8) is 0 Å². The summed E-state index contributed by atoms with van der Waals surface area (Å²) < 4.78 is 36.2. The summed E-state index contributed by atoms with van der Waals surface area (Å²) in [6.07, 6.45) is 0.236. The third-order valence-electron chi connectivity index (χ3n) is 7.46. The van der Waals surface area contributed by atoms with Crippen LogP contribution in [0.25, 0.3) is 0 Å². The Bertz CT molecular complexity index is 1750. The molecule has 0 aliphatic heterocycles. The van der Waals surface area contributed by atoms with Crippen LogP contribution in [-0.2, 0) is 32.6 Å². The fourth-order valence-electron chi connectivity index (χ4n) is 5.07. The van der Waals surface area contributed by atoms with Gasteiger partial charge in [0.15, 0.2) is 0 Å². The van der Waals surface area contributed by atoms with Gasteiger partial charge >= 0.3 is 0 Å². The zero-order valence-corrected chi connectivity index (χ0v) is 29.1. The second-order valence-electron chi connectivity index (χ2n) is 11.5. The third kappa shape index (κ3) is 8.76. The van der Waals surface area contributed by atoms with Gasteiger partial charge in [-0.2, -0.15) is 0 Å². The SMILES string of the molecule is COc1ccc(C)cc1N(CC(=O)N(Cc1ccc(Br)cc1)C(Cc1ccccc1)C(=O)NC(C)C)S(=O)(=O)c1ccc(C)cc1. The van der Waals surface area contributed by atoms with Gasteiger partial charge in [-0.15, -0.1) is 0 Å². The highest BCUT2D eigenvalue weighted by atomic mass is 79.9. The summed E-state index contributed by atoms with van der Waals surface area (Å²) in [6, 6.07) is 27.5. The average Bonchev–Trinajstić information content (AvgIpc) is 3.02. The summed E-state index contributed by atoms with van der Waals surface area (Å²) in [6.45, 7) is 6.95. The van der Waals surface area contributed by atoms with Crippen molar-refractivity contribution in [3.05, 3.63) is 124 Å². The van der Waals surface area contributed by atoms with Crippen molar-refractivity contribution < 1.29 is 22.7 Å². The molecule has 0 aromatic heterocycles. The van der Waals surface area contributed by atoms with E-state index in [9.17, 15) is 18.0 Å². The normalized spacial score (nSPS) is 12.0. The lowest BCUT2D eigenvalue weighted by Gasteiger charge is -2.34. The summed E-state index contributed by atoms with van der Waals surface area (Å²) >= 11 is 3.46. The molecule has 0 fully saturated rings. The number of anilines is 1. The lowest BCUT2D eigenvalue weighted by atomic mass is 10.0. The number of nitrogens with one attached hydrogen (secondary N) is 1. The van der Waals surface area contributed by atoms with Crippen LogP contribution < -0.4 is 14.4 Å². The van der Waals surface area contributed by atoms with Crippen molar-refractivity contribution in [2.24, 2.45) is 0 Å². The molecule has 0 bridgehead atoms. The lowest BCUT2D eigenvalue weighted by Crippen LogP contribution is -2.54. The molecule has 4 aromatic carbocycles. The number of sulfonamides is 1. The van der Waals surface area contributed by atoms with Crippen LogP contribution in [0, 0.1) is 13.8 Å². The first-order chi connectivity index (χ1) is 21.9. The van der Waals surface area contributed by atoms with E-state index in [1.54, 1.807) is 24.3 Å². The fourth-order valence-corrected chi connectivity index (χ4v) is 6.75. The van der Waals surface area contributed by atoms with Gasteiger partial charge in [0.05, 0.1) is 17.7 Å². The van der Waals surface area contributed by atoms with E-state index >= 15 is 0 Å². The molecule has 4 rings (SSSR count). The maximum atomic E-state index is 14.6. The van der Waals surface area contributed by atoms with Crippen molar-refractivity contribution in [2.75, 3.05) is 18.0 Å². The molecule has 8 nitrogen and oxygen atoms in total. The van der Waals surface area contributed by atoms with Gasteiger partial charge in [-0.25, -0.2) is 8.42 Å². The summed E-state index contributed by atoms with van der Waals surface area (Å²) in [5.74, 6) is -0.570. The van der Waals surface area contributed by atoms with Crippen molar-refractivity contribution in [1.82, 2.24) is 10.2 Å². The molecule has 0 aliphatic carbocycles. The van der Waals surface area contributed by atoms with Crippen LogP contribution >= 0.6 is 15.9 Å². The number of rotatable bonds is 13. The first-order valence-electron chi connectivity index (χ1n) is 15.0. The molecular weight excluding hydrogens is 666 g/mol. The number of carbonyl (C=O) groups excluding carboxylic acids is 2. The summed E-state index contributed by atoms with van der Waals surface area (Å²) in [5.41, 5.74) is 3.57. The van der Waals surface area contributed by atoms with Crippen LogP contribution in [0.4, 0.5) is 5.69 Å². The van der Waals surface area contributed by atoms with Crippen LogP contribution in [0.15, 0.2) is 106 Å². The smallest absolute Gasteiger partial charge is 0.264 e. The molecule has 1 unspecified atom stereocenters. The van der Waals surface area contributed by atoms with E-state index in [0.717, 1.165) is 31.0 Å². The van der Waals surface area contributed by atoms with Crippen molar-refractivity contribution in [3.8, 4) is 5.75 Å². The maximum Gasteiger partial charge on any atom is 0.264 e. The molecule has 242 valence electrons. The Morgan fingerprint density at radius 3 is 2.09 bits per heavy atom. The zero-order chi connectivity index (χ0) is 33.4. The average molecular weight is 707 g/mol. The molecule has 46 heavy (non-hydrogen) atoms. The number of amides is 2. The monoisotopic (exact) mass is 705 g/mol. The van der Waals surface area contributed by atoms with Gasteiger partial charge < -0.3 is 15.0 Å². The molecule has 0 saturated carbocycles. The second-order valence-corrected chi connectivity index (χ2v) is 14.3. The minimum absolute atomic E-state index is 0.0345. The van der Waals surface area contributed by atoms with Crippen molar-refractivity contribution >= 4 is 43.5 Å². The highest BCUT2D eigenvalue weighted by Crippen LogP contribution is 2.34. The Kier molecular flexibility index (Phi) is 11.6. The second kappa shape index (κ2) is 15.4. The van der Waals surface area contributed by atoms with Gasteiger partial charge in [0.1, 0.15) is 18.3 Å². The van der Waals surface area contributed by atoms with E-state index in [0.29, 0.717) is 5.75 Å². The van der Waals surface area contributed by atoms with Gasteiger partial charge in [-0.05, 0) is 80.8 Å². The minimum Gasteiger partial charge on any atom is -0.495 e. The van der Waals surface area contributed by atoms with E-state index in [1.165, 1.54) is 24.1 Å². The molecule has 0 saturated heterocycles. The first kappa shape index (κ1) is 34.7. The van der Waals surface area contributed by atoms with E-state index in [-0.39, 0.29) is 35.5 Å². The number of benzene rings is 4. The highest BCUT2D eigenvalue weighted by Gasteiger charge is 2.35. The Labute approximate surface area is 280 Å². The maximum absolute atomic E-state index is 14.6. The number of ether oxygens (including phenoxy) is 1. The van der Waals surface area contributed by atoms with Gasteiger partial charge in [0.2, 0.25) is 11.8 Å². The predicted molar refractivity (Wildman–Crippen MR) is 185 cm³/mol. The van der Waals surface area contributed by atoms with Gasteiger partial charge in [0.25, 0.3) is 10.0 Å². The van der Waals surface area contributed by atoms with E-state index in [1.807, 2.05) is 88.4 Å². The molecule has 4 aromatic rings. The molecule has 1 N–H and O–H groups in total. The van der Waals surface area contributed by atoms with Crippen LogP contribution in [0.5, 0.6) is 5.75 Å². The van der Waals surface area contributed by atoms with E-state index < -0.39 is 28.5 Å². The Hall–Kier alpha value is -4.15. The van der Waals surface area contributed by atoms with Crippen LogP contribution in [0.1, 0.15) is 36.1 Å². The van der Waals surface area contributed by atoms with Gasteiger partial charge in [-0.3, -0.25) is 13.9 Å². The number of aryl methyl sites for hydroxylation is 2. The standard InChI is InChI=1S/C36H40BrN3O5S/c1-25(2)38-36(42)33(22-28-9-7-6-8-10-28)39(23-29-14-16-30(37)17-15-29)35(41)24-40(32-21-27(4)13-20-34(32)45-5)46(43,44)31-18-11-26(3)12-19-31/h6-21,25,33H,22-24H2,1-5H3,(H,38,42). The fraction of sp³-hybridized carbons (Fsp3) is 0.278. The van der Waals surface area contributed by atoms with Crippen LogP contribution in [-0.4, -0.2) is 50.9 Å². The van der Waals surface area contributed by atoms with E-state index in [4.69, 9.17) is 4.74 Å². The Morgan fingerprint density at radius 2 is 1.48 bits per heavy atom. The number of halogens is 1. The topological polar surface area (TPSA) is 96.0 Å². The Morgan fingerprint density at radius 1 is 0.848 bits per heavy atom. The number of nitrogens with zero attached hydrogens (tertiary/aromatic N) is 2. The molecule has 0 spiro atoms. The highest BCUT2D eigenvalue weighted by molar-refractivity contribution is 9.10. The van der Waals surface area contributed by atoms with Crippen LogP contribution in [0.2, 0.25) is 0 Å². The van der Waals surface area contributed by atoms with Crippen molar-refractivity contribution in [1.29, 1.82) is 0 Å². The number of hydrogen-bond acceptors (Lipinski definition) is 5. The molecule has 0 aliphatic rings. The van der Waals surface area contributed by atoms with Gasteiger partial charge in [0, 0.05) is 23.5 Å². The number of hydrogen-bond donors (Lipinski definition) is 1. The van der Waals surface area contributed by atoms with Crippen LogP contribution in [0.3, 0.4) is 0 Å². The molecular formula is C36H40BrN3O5S. The summed E-state index contributed by atoms with van der Waals surface area (Å²) in [5, 5.41) is 2.97. The number of carbonyl (C=O) groups is 2. The van der Waals surface area contributed by atoms with Gasteiger partial charge in [-0.1, -0.05) is 82.2 Å². The first-order valence-corrected chi connectivity index (χ1v) is 17.2. The quantitative estimate of drug-likeness (QED) is 0.173. The largest absolute Gasteiger partial charge is 0.495 e. The molecule has 10 heteroatoms. The zero-order valence-electron chi connectivity index (χ0n) is 26.7. The van der Waals surface area contributed by atoms with E-state index in [2.05, 4.69) is 21.2 Å². The summed E-state index contributed by atoms with van der Waals surface area (Å²) in [7, 11) is -2.80. The molecule has 1 atom stereocenters. The lowest BCUT2D eigenvalue weighted by molar-refractivity contribution is -0.140. The summed E-state index contributed by atoms with van der Waals surface area (Å²) in [4.78, 5) is 30.0. The predicted octanol–water partition coefficient (Wildman–Crippen LogP) is 6.43. The van der Waals surface area contributed by atoms with Crippen molar-refractivity contribution in [2.45, 2.75) is 57.6 Å². The molecule has 0 heterocycles. The number of methoxy groups -OCH3 is 1. The minimum atomic E-state index is -4.25. The molecule has 0 radical (unpaired) electrons.